The summed E-state index contributed by atoms with van der Waals surface area (Å²) in [5.74, 6) is -0.0693. The number of hydrogen-bond donors (Lipinski definition) is 3. The highest BCUT2D eigenvalue weighted by Crippen LogP contribution is 2.25. The molecule has 2 aromatic rings. The zero-order valence-electron chi connectivity index (χ0n) is 18.3. The Hall–Kier alpha value is -2.44. The predicted octanol–water partition coefficient (Wildman–Crippen LogP) is 4.27. The smallest absolute Gasteiger partial charge is 0.295 e. The lowest BCUT2D eigenvalue weighted by Crippen LogP contribution is -2.08. The highest BCUT2D eigenvalue weighted by molar-refractivity contribution is 7.86. The number of carbonyl (C=O) groups is 1. The van der Waals surface area contributed by atoms with Gasteiger partial charge in [0, 0.05) is 19.0 Å². The molecule has 0 saturated heterocycles. The van der Waals surface area contributed by atoms with Gasteiger partial charge in [0.05, 0.1) is 0 Å². The summed E-state index contributed by atoms with van der Waals surface area (Å²) in [4.78, 5) is 11.1. The van der Waals surface area contributed by atoms with Crippen LogP contribution in [0.4, 0.5) is 5.69 Å². The van der Waals surface area contributed by atoms with Gasteiger partial charge >= 0.3 is 0 Å². The molecule has 0 aliphatic carbocycles. The van der Waals surface area contributed by atoms with Crippen LogP contribution in [0.15, 0.2) is 46.2 Å². The van der Waals surface area contributed by atoms with E-state index in [0.717, 1.165) is 10.9 Å². The molecule has 0 saturated carbocycles. The van der Waals surface area contributed by atoms with Crippen LogP contribution in [0.25, 0.3) is 12.2 Å². The van der Waals surface area contributed by atoms with Crippen molar-refractivity contribution in [2.75, 3.05) is 5.32 Å². The molecular formula is C22H25NO7S3. The van der Waals surface area contributed by atoms with E-state index in [-0.39, 0.29) is 21.7 Å². The number of anilines is 1. The van der Waals surface area contributed by atoms with Crippen LogP contribution in [0.3, 0.4) is 0 Å². The molecule has 2 aromatic carbocycles. The highest BCUT2D eigenvalue weighted by Gasteiger charge is 2.18. The van der Waals surface area contributed by atoms with Gasteiger partial charge in [0.15, 0.2) is 0 Å². The van der Waals surface area contributed by atoms with Gasteiger partial charge in [0.25, 0.3) is 20.2 Å². The monoisotopic (exact) mass is 511 g/mol. The van der Waals surface area contributed by atoms with Crippen LogP contribution in [-0.4, -0.2) is 36.7 Å². The van der Waals surface area contributed by atoms with Crippen molar-refractivity contribution < 1.29 is 30.7 Å². The van der Waals surface area contributed by atoms with Crippen LogP contribution >= 0.6 is 12.2 Å². The number of carbonyl (C=O) groups excluding carboxylic acids is 1. The Bertz CT molecular complexity index is 1310. The molecule has 11 heteroatoms. The molecule has 2 rings (SSSR count). The average Bonchev–Trinajstić information content (AvgIpc) is 2.65. The summed E-state index contributed by atoms with van der Waals surface area (Å²) in [5.41, 5.74) is 0.940. The Morgan fingerprint density at radius 2 is 1.48 bits per heavy atom. The number of benzene rings is 2. The lowest BCUT2D eigenvalue weighted by Gasteiger charge is -2.10. The normalized spacial score (nSPS) is 12.3. The van der Waals surface area contributed by atoms with E-state index in [1.807, 2.05) is 13.8 Å². The lowest BCUT2D eigenvalue weighted by molar-refractivity contribution is -0.114. The summed E-state index contributed by atoms with van der Waals surface area (Å²) >= 11 is 5.35. The van der Waals surface area contributed by atoms with Crippen LogP contribution in [0.2, 0.25) is 0 Å². The van der Waals surface area contributed by atoms with Crippen LogP contribution in [-0.2, 0) is 31.5 Å². The van der Waals surface area contributed by atoms with Gasteiger partial charge in [0.1, 0.15) is 9.79 Å². The van der Waals surface area contributed by atoms with Crippen molar-refractivity contribution in [1.29, 1.82) is 0 Å². The molecule has 0 heterocycles. The van der Waals surface area contributed by atoms with Gasteiger partial charge in [0.2, 0.25) is 5.91 Å². The zero-order chi connectivity index (χ0) is 25.0. The molecule has 1 amide bonds. The summed E-state index contributed by atoms with van der Waals surface area (Å²) in [5, 5.41) is 2.42. The van der Waals surface area contributed by atoms with Crippen molar-refractivity contribution in [3.05, 3.63) is 53.1 Å². The largest absolute Gasteiger partial charge is 0.326 e. The fraction of sp³-hybridized carbons (Fsp3) is 0.273. The Kier molecular flexibility index (Phi) is 8.66. The first kappa shape index (κ1) is 26.8. The third kappa shape index (κ3) is 8.13. The molecule has 0 radical (unpaired) electrons. The van der Waals surface area contributed by atoms with E-state index in [1.54, 1.807) is 6.07 Å². The van der Waals surface area contributed by atoms with Gasteiger partial charge in [-0.15, -0.1) is 0 Å². The van der Waals surface area contributed by atoms with E-state index < -0.39 is 31.0 Å². The number of amides is 1. The second-order valence-electron chi connectivity index (χ2n) is 7.90. The fourth-order valence-corrected chi connectivity index (χ4v) is 5.11. The molecule has 178 valence electrons. The first-order valence-electron chi connectivity index (χ1n) is 9.86. The summed E-state index contributed by atoms with van der Waals surface area (Å²) in [6, 6.07) is 8.33. The lowest BCUT2D eigenvalue weighted by atomic mass is 10.0. The average molecular weight is 512 g/mol. The first-order chi connectivity index (χ1) is 15.2. The maximum Gasteiger partial charge on any atom is 0.295 e. The number of rotatable bonds is 9. The highest BCUT2D eigenvalue weighted by atomic mass is 32.2. The SMILES string of the molecule is CC(=O)Nc1ccc(/C=C/c2ccc(CC(=S)CC(C)C)cc2S(=O)(=O)O)c(S(=O)(=O)O)c1. The third-order valence-corrected chi connectivity index (χ3v) is 6.58. The summed E-state index contributed by atoms with van der Waals surface area (Å²) in [6.45, 7) is 5.29. The quantitative estimate of drug-likeness (QED) is 0.258. The minimum absolute atomic E-state index is 0.0510. The van der Waals surface area contributed by atoms with Gasteiger partial charge in [-0.1, -0.05) is 56.4 Å². The minimum Gasteiger partial charge on any atom is -0.326 e. The van der Waals surface area contributed by atoms with Gasteiger partial charge in [-0.2, -0.15) is 16.8 Å². The molecule has 3 N–H and O–H groups in total. The Morgan fingerprint density at radius 3 is 1.97 bits per heavy atom. The summed E-state index contributed by atoms with van der Waals surface area (Å²) in [6.07, 6.45) is 3.66. The van der Waals surface area contributed by atoms with E-state index in [2.05, 4.69) is 5.32 Å². The fourth-order valence-electron chi connectivity index (χ4n) is 3.16. The summed E-state index contributed by atoms with van der Waals surface area (Å²) < 4.78 is 66.8. The van der Waals surface area contributed by atoms with Crippen molar-refractivity contribution >= 4 is 61.1 Å². The zero-order valence-corrected chi connectivity index (χ0v) is 20.7. The Balaban J connectivity index is 2.48. The maximum atomic E-state index is 12.0. The van der Waals surface area contributed by atoms with Crippen LogP contribution in [0.5, 0.6) is 0 Å². The summed E-state index contributed by atoms with van der Waals surface area (Å²) in [7, 11) is -9.24. The minimum atomic E-state index is -4.65. The van der Waals surface area contributed by atoms with E-state index in [9.17, 15) is 30.7 Å². The number of hydrogen-bond acceptors (Lipinski definition) is 6. The van der Waals surface area contributed by atoms with E-state index in [1.165, 1.54) is 43.3 Å². The molecule has 0 aliphatic heterocycles. The second kappa shape index (κ2) is 10.7. The second-order valence-corrected chi connectivity index (χ2v) is 11.3. The first-order valence-corrected chi connectivity index (χ1v) is 13.1. The van der Waals surface area contributed by atoms with Crippen molar-refractivity contribution in [3.63, 3.8) is 0 Å². The molecule has 33 heavy (non-hydrogen) atoms. The number of thiocarbonyl (C=S) groups is 1. The molecule has 0 aliphatic rings. The molecule has 0 unspecified atom stereocenters. The van der Waals surface area contributed by atoms with Crippen molar-refractivity contribution in [1.82, 2.24) is 0 Å². The predicted molar refractivity (Wildman–Crippen MR) is 132 cm³/mol. The Morgan fingerprint density at radius 1 is 0.970 bits per heavy atom. The van der Waals surface area contributed by atoms with Gasteiger partial charge in [-0.25, -0.2) is 0 Å². The standard InChI is InChI=1S/C22H25NO7S3/c1-14(2)10-20(31)11-16-4-5-17(21(12-16)32(25,26)27)6-7-18-8-9-19(23-15(3)24)13-22(18)33(28,29)30/h4-9,12-14H,10-11H2,1-3H3,(H,23,24)(H,25,26,27)(H,28,29,30)/b7-6+. The van der Waals surface area contributed by atoms with E-state index in [0.29, 0.717) is 24.3 Å². The van der Waals surface area contributed by atoms with Crippen LogP contribution < -0.4 is 5.32 Å². The molecule has 0 fully saturated rings. The topological polar surface area (TPSA) is 138 Å². The van der Waals surface area contributed by atoms with Crippen molar-refractivity contribution in [2.24, 2.45) is 5.92 Å². The maximum absolute atomic E-state index is 12.0. The van der Waals surface area contributed by atoms with Crippen LogP contribution in [0.1, 0.15) is 43.9 Å². The van der Waals surface area contributed by atoms with Gasteiger partial charge < -0.3 is 5.32 Å². The third-order valence-electron chi connectivity index (χ3n) is 4.45. The molecule has 0 atom stereocenters. The Labute approximate surface area is 199 Å². The van der Waals surface area contributed by atoms with E-state index >= 15 is 0 Å². The molecule has 0 aromatic heterocycles. The molecule has 0 bridgehead atoms. The molecular weight excluding hydrogens is 486 g/mol. The van der Waals surface area contributed by atoms with E-state index in [4.69, 9.17) is 12.2 Å². The number of nitrogens with one attached hydrogen (secondary N) is 1. The van der Waals surface area contributed by atoms with Crippen molar-refractivity contribution in [3.8, 4) is 0 Å². The molecule has 8 nitrogen and oxygen atoms in total. The van der Waals surface area contributed by atoms with Crippen LogP contribution in [0, 0.1) is 5.92 Å². The molecule has 0 spiro atoms. The van der Waals surface area contributed by atoms with Gasteiger partial charge in [-0.05, 0) is 52.1 Å². The van der Waals surface area contributed by atoms with Crippen molar-refractivity contribution in [2.45, 2.75) is 43.4 Å². The van der Waals surface area contributed by atoms with Gasteiger partial charge in [-0.3, -0.25) is 13.9 Å².